The molecule has 6 nitrogen and oxygen atoms in total. The molecule has 242 valence electrons. The molecule has 0 unspecified atom stereocenters. The van der Waals surface area contributed by atoms with E-state index in [4.69, 9.17) is 19.9 Å². The Kier molecular flexibility index (Phi) is 7.03. The van der Waals surface area contributed by atoms with Crippen molar-refractivity contribution < 1.29 is 0 Å². The fourth-order valence-corrected chi connectivity index (χ4v) is 6.85. The number of nitrogens with zero attached hydrogens (tertiary/aromatic N) is 6. The monoisotopic (exact) mass is 664 g/mol. The molecule has 0 aliphatic carbocycles. The molecular weight excluding hydrogens is 637 g/mol. The van der Waals surface area contributed by atoms with Gasteiger partial charge in [-0.15, -0.1) is 0 Å². The average Bonchev–Trinajstić information content (AvgIpc) is 3.23. The highest BCUT2D eigenvalue weighted by molar-refractivity contribution is 6.04. The molecule has 5 aromatic heterocycles. The molecule has 0 bridgehead atoms. The first-order valence-electron chi connectivity index (χ1n) is 17.2. The summed E-state index contributed by atoms with van der Waals surface area (Å²) in [6.45, 7) is 0. The van der Waals surface area contributed by atoms with Gasteiger partial charge in [0, 0.05) is 44.4 Å². The van der Waals surface area contributed by atoms with Gasteiger partial charge in [0.25, 0.3) is 0 Å². The highest BCUT2D eigenvalue weighted by Crippen LogP contribution is 2.32. The van der Waals surface area contributed by atoms with Gasteiger partial charge in [-0.1, -0.05) is 115 Å². The Morgan fingerprint density at radius 1 is 0.308 bits per heavy atom. The van der Waals surface area contributed by atoms with E-state index in [1.807, 2.05) is 30.3 Å². The van der Waals surface area contributed by atoms with Crippen molar-refractivity contribution in [2.45, 2.75) is 0 Å². The summed E-state index contributed by atoms with van der Waals surface area (Å²) in [6, 6.07) is 54.4. The summed E-state index contributed by atoms with van der Waals surface area (Å²) >= 11 is 0. The fraction of sp³-hybridized carbons (Fsp3) is 0. The van der Waals surface area contributed by atoms with E-state index in [0.717, 1.165) is 99.9 Å². The first-order chi connectivity index (χ1) is 25.7. The molecule has 0 N–H and O–H groups in total. The van der Waals surface area contributed by atoms with Crippen LogP contribution in [0.2, 0.25) is 0 Å². The van der Waals surface area contributed by atoms with Crippen LogP contribution in [0.4, 0.5) is 0 Å². The molecule has 5 aromatic carbocycles. The van der Waals surface area contributed by atoms with Crippen molar-refractivity contribution >= 4 is 43.6 Å². The maximum absolute atomic E-state index is 5.15. The lowest BCUT2D eigenvalue weighted by atomic mass is 10.00. The van der Waals surface area contributed by atoms with E-state index in [9.17, 15) is 0 Å². The molecule has 0 aliphatic rings. The molecule has 10 aromatic rings. The van der Waals surface area contributed by atoms with E-state index in [-0.39, 0.29) is 0 Å². The summed E-state index contributed by atoms with van der Waals surface area (Å²) in [5.74, 6) is 0. The predicted molar refractivity (Wildman–Crippen MR) is 210 cm³/mol. The van der Waals surface area contributed by atoms with Crippen molar-refractivity contribution in [2.24, 2.45) is 0 Å². The summed E-state index contributed by atoms with van der Waals surface area (Å²) in [6.07, 6.45) is 3.27. The summed E-state index contributed by atoms with van der Waals surface area (Å²) < 4.78 is 0. The number of hydrogen-bond donors (Lipinski definition) is 0. The maximum Gasteiger partial charge on any atom is 0.116 e. The van der Waals surface area contributed by atoms with Crippen LogP contribution >= 0.6 is 0 Å². The van der Waals surface area contributed by atoms with Gasteiger partial charge in [-0.2, -0.15) is 0 Å². The first kappa shape index (κ1) is 29.7. The average molecular weight is 665 g/mol. The van der Waals surface area contributed by atoms with Crippen LogP contribution in [0.25, 0.3) is 99.9 Å². The van der Waals surface area contributed by atoms with Crippen molar-refractivity contribution in [1.82, 2.24) is 29.9 Å². The van der Waals surface area contributed by atoms with Crippen LogP contribution in [0.3, 0.4) is 0 Å². The Hall–Kier alpha value is -7.18. The fourth-order valence-electron chi connectivity index (χ4n) is 6.85. The second-order valence-corrected chi connectivity index (χ2v) is 12.8. The van der Waals surface area contributed by atoms with E-state index in [2.05, 4.69) is 137 Å². The number of hydrogen-bond acceptors (Lipinski definition) is 6. The van der Waals surface area contributed by atoms with E-state index in [1.54, 1.807) is 12.5 Å². The number of aromatic nitrogens is 6. The summed E-state index contributed by atoms with van der Waals surface area (Å²) in [5.41, 5.74) is 13.4. The Balaban J connectivity index is 0.965. The molecule has 0 spiro atoms. The van der Waals surface area contributed by atoms with Crippen molar-refractivity contribution in [3.63, 3.8) is 0 Å². The number of pyridine rings is 4. The van der Waals surface area contributed by atoms with E-state index >= 15 is 0 Å². The van der Waals surface area contributed by atoms with Gasteiger partial charge < -0.3 is 0 Å². The molecule has 0 saturated heterocycles. The van der Waals surface area contributed by atoms with Gasteiger partial charge in [0.2, 0.25) is 0 Å². The second-order valence-electron chi connectivity index (χ2n) is 12.8. The summed E-state index contributed by atoms with van der Waals surface area (Å²) in [7, 11) is 0. The molecule has 5 heterocycles. The second kappa shape index (κ2) is 12.3. The zero-order valence-corrected chi connectivity index (χ0v) is 27.8. The summed E-state index contributed by atoms with van der Waals surface area (Å²) in [4.78, 5) is 28.6. The van der Waals surface area contributed by atoms with E-state index in [0.29, 0.717) is 0 Å². The van der Waals surface area contributed by atoms with Crippen LogP contribution in [0.5, 0.6) is 0 Å². The lowest BCUT2D eigenvalue weighted by Gasteiger charge is -2.10. The van der Waals surface area contributed by atoms with E-state index < -0.39 is 0 Å². The third-order valence-electron chi connectivity index (χ3n) is 9.63. The Labute approximate surface area is 299 Å². The quantitative estimate of drug-likeness (QED) is 0.170. The minimum Gasteiger partial charge on any atom is -0.248 e. The van der Waals surface area contributed by atoms with Gasteiger partial charge in [-0.05, 0) is 53.6 Å². The SMILES string of the molecule is c1ccc(-c2ccc3ccc4ccc(-c5ccc(-c6ccc7ccc(-c8ccc9ccc(-c%10ccncn%10)nc9c8)nc7c6)cc5)nc4c3n2)cc1. The largest absolute Gasteiger partial charge is 0.248 e. The van der Waals surface area contributed by atoms with Crippen LogP contribution in [-0.4, -0.2) is 29.9 Å². The van der Waals surface area contributed by atoms with Crippen LogP contribution in [0.15, 0.2) is 170 Å². The minimum absolute atomic E-state index is 0.795. The summed E-state index contributed by atoms with van der Waals surface area (Å²) in [5, 5.41) is 4.30. The van der Waals surface area contributed by atoms with Gasteiger partial charge in [-0.3, -0.25) is 0 Å². The molecule has 52 heavy (non-hydrogen) atoms. The van der Waals surface area contributed by atoms with Gasteiger partial charge in [-0.25, -0.2) is 29.9 Å². The number of fused-ring (bicyclic) bond motifs is 5. The Morgan fingerprint density at radius 2 is 0.788 bits per heavy atom. The number of benzene rings is 5. The Bertz CT molecular complexity index is 2940. The lowest BCUT2D eigenvalue weighted by molar-refractivity contribution is 1.16. The first-order valence-corrected chi connectivity index (χ1v) is 17.2. The Morgan fingerprint density at radius 3 is 1.44 bits per heavy atom. The van der Waals surface area contributed by atoms with E-state index in [1.165, 1.54) is 0 Å². The molecule has 0 fully saturated rings. The van der Waals surface area contributed by atoms with Gasteiger partial charge in [0.1, 0.15) is 6.33 Å². The zero-order valence-electron chi connectivity index (χ0n) is 27.8. The molecule has 6 heteroatoms. The molecule has 0 aliphatic heterocycles. The van der Waals surface area contributed by atoms with Crippen LogP contribution < -0.4 is 0 Å². The van der Waals surface area contributed by atoms with Gasteiger partial charge in [0.15, 0.2) is 0 Å². The zero-order chi connectivity index (χ0) is 34.4. The normalized spacial score (nSPS) is 11.5. The molecule has 10 rings (SSSR count). The molecule has 0 radical (unpaired) electrons. The molecule has 0 amide bonds. The third-order valence-corrected chi connectivity index (χ3v) is 9.63. The van der Waals surface area contributed by atoms with Crippen LogP contribution in [0, 0.1) is 0 Å². The van der Waals surface area contributed by atoms with Crippen LogP contribution in [0.1, 0.15) is 0 Å². The topological polar surface area (TPSA) is 77.3 Å². The minimum atomic E-state index is 0.795. The molecule has 0 saturated carbocycles. The highest BCUT2D eigenvalue weighted by atomic mass is 14.8. The standard InChI is InChI=1S/C46H28N6/c1-2-4-30(5-3-1)38-21-18-34-12-13-35-19-22-39(52-46(35)45(34)51-38)31-8-6-29(7-9-31)36-14-10-32-16-20-40(49-43(32)26-36)37-15-11-33-17-23-42(50-44(33)27-37)41-24-25-47-28-48-41/h1-28H. The van der Waals surface area contributed by atoms with Crippen molar-refractivity contribution in [3.05, 3.63) is 170 Å². The van der Waals surface area contributed by atoms with Crippen LogP contribution in [-0.2, 0) is 0 Å². The highest BCUT2D eigenvalue weighted by Gasteiger charge is 2.11. The van der Waals surface area contributed by atoms with Gasteiger partial charge in [0.05, 0.1) is 50.5 Å². The molecular formula is C46H28N6. The third kappa shape index (κ3) is 5.39. The smallest absolute Gasteiger partial charge is 0.116 e. The predicted octanol–water partition coefficient (Wildman–Crippen LogP) is 11.0. The maximum atomic E-state index is 5.15. The lowest BCUT2D eigenvalue weighted by Crippen LogP contribution is -1.91. The van der Waals surface area contributed by atoms with Gasteiger partial charge >= 0.3 is 0 Å². The molecule has 0 atom stereocenters. The van der Waals surface area contributed by atoms with Crippen molar-refractivity contribution in [1.29, 1.82) is 0 Å². The van der Waals surface area contributed by atoms with Crippen molar-refractivity contribution in [2.75, 3.05) is 0 Å². The number of rotatable bonds is 5. The van der Waals surface area contributed by atoms with Crippen molar-refractivity contribution in [3.8, 4) is 56.3 Å².